The van der Waals surface area contributed by atoms with Crippen molar-refractivity contribution in [2.45, 2.75) is 13.8 Å². The summed E-state index contributed by atoms with van der Waals surface area (Å²) in [6, 6.07) is 18.3. The second-order valence-corrected chi connectivity index (χ2v) is 8.22. The largest absolute Gasteiger partial charge is 0.507 e. The molecule has 3 aromatic rings. The molecule has 0 aliphatic rings. The van der Waals surface area contributed by atoms with Crippen LogP contribution in [0.4, 0.5) is 0 Å². The van der Waals surface area contributed by atoms with Gasteiger partial charge in [-0.3, -0.25) is 9.36 Å². The molecule has 0 radical (unpaired) electrons. The molecule has 0 heterocycles. The molecule has 4 nitrogen and oxygen atoms in total. The highest BCUT2D eigenvalue weighted by Gasteiger charge is 2.36. The van der Waals surface area contributed by atoms with Crippen LogP contribution in [-0.2, 0) is 4.57 Å². The van der Waals surface area contributed by atoms with Crippen molar-refractivity contribution in [1.82, 2.24) is 0 Å². The summed E-state index contributed by atoms with van der Waals surface area (Å²) >= 11 is 0. The van der Waals surface area contributed by atoms with E-state index in [0.717, 1.165) is 0 Å². The van der Waals surface area contributed by atoms with Gasteiger partial charge in [0, 0.05) is 11.1 Å². The van der Waals surface area contributed by atoms with Gasteiger partial charge in [0.1, 0.15) is 5.75 Å². The van der Waals surface area contributed by atoms with Gasteiger partial charge in [0.05, 0.1) is 5.30 Å². The Balaban J connectivity index is 2.19. The molecule has 0 spiro atoms. The SMILES string of the molecule is Cc1cccc(C)c1C(=O)P(=O)(O)c1ccccc1-c1ccccc1O. The summed E-state index contributed by atoms with van der Waals surface area (Å²) in [6.45, 7) is 3.49. The third-order valence-corrected chi connectivity index (χ3v) is 6.21. The van der Waals surface area contributed by atoms with Gasteiger partial charge < -0.3 is 10.00 Å². The fourth-order valence-corrected chi connectivity index (χ4v) is 4.76. The van der Waals surface area contributed by atoms with Crippen molar-refractivity contribution < 1.29 is 19.4 Å². The Morgan fingerprint density at radius 1 is 0.808 bits per heavy atom. The maximum atomic E-state index is 13.3. The Kier molecular flexibility index (Phi) is 4.82. The van der Waals surface area contributed by atoms with Gasteiger partial charge in [0.25, 0.3) is 12.9 Å². The maximum Gasteiger partial charge on any atom is 0.298 e. The first-order chi connectivity index (χ1) is 12.3. The van der Waals surface area contributed by atoms with Crippen LogP contribution in [0.3, 0.4) is 0 Å². The number of carbonyl (C=O) groups is 1. The Hall–Kier alpha value is -2.68. The van der Waals surface area contributed by atoms with Crippen LogP contribution in [0.1, 0.15) is 21.5 Å². The van der Waals surface area contributed by atoms with Gasteiger partial charge in [-0.1, -0.05) is 54.6 Å². The lowest BCUT2D eigenvalue weighted by molar-refractivity contribution is 0.106. The molecule has 0 aliphatic carbocycles. The molecule has 132 valence electrons. The third-order valence-electron chi connectivity index (χ3n) is 4.40. The molecule has 0 amide bonds. The third kappa shape index (κ3) is 3.10. The quantitative estimate of drug-likeness (QED) is 0.671. The van der Waals surface area contributed by atoms with Crippen LogP contribution in [-0.4, -0.2) is 15.5 Å². The zero-order valence-electron chi connectivity index (χ0n) is 14.5. The maximum absolute atomic E-state index is 13.3. The Morgan fingerprint density at radius 2 is 1.35 bits per heavy atom. The minimum absolute atomic E-state index is 0.0144. The number of benzene rings is 3. The summed E-state index contributed by atoms with van der Waals surface area (Å²) < 4.78 is 13.3. The number of rotatable bonds is 4. The lowest BCUT2D eigenvalue weighted by Gasteiger charge is -2.18. The van der Waals surface area contributed by atoms with Crippen LogP contribution in [0, 0.1) is 13.8 Å². The number of para-hydroxylation sites is 1. The first-order valence-electron chi connectivity index (χ1n) is 8.16. The summed E-state index contributed by atoms with van der Waals surface area (Å²) in [4.78, 5) is 23.8. The van der Waals surface area contributed by atoms with Crippen molar-refractivity contribution in [3.63, 3.8) is 0 Å². The molecule has 2 N–H and O–H groups in total. The van der Waals surface area contributed by atoms with Gasteiger partial charge in [-0.25, -0.2) is 0 Å². The molecule has 0 fully saturated rings. The second-order valence-electron chi connectivity index (χ2n) is 6.18. The Bertz CT molecular complexity index is 1020. The topological polar surface area (TPSA) is 74.6 Å². The summed E-state index contributed by atoms with van der Waals surface area (Å²) in [5, 5.41) is 10.2. The van der Waals surface area contributed by atoms with Crippen molar-refractivity contribution >= 4 is 18.2 Å². The number of aryl methyl sites for hydroxylation is 2. The van der Waals surface area contributed by atoms with Gasteiger partial charge in [-0.2, -0.15) is 0 Å². The van der Waals surface area contributed by atoms with E-state index in [1.807, 2.05) is 0 Å². The molecule has 0 aliphatic heterocycles. The van der Waals surface area contributed by atoms with E-state index in [1.165, 1.54) is 12.1 Å². The predicted octanol–water partition coefficient (Wildman–Crippen LogP) is 4.41. The summed E-state index contributed by atoms with van der Waals surface area (Å²) in [7, 11) is -4.38. The molecular formula is C21H19O4P. The molecule has 1 atom stereocenters. The zero-order chi connectivity index (χ0) is 18.9. The van der Waals surface area contributed by atoms with Crippen molar-refractivity contribution in [2.75, 3.05) is 0 Å². The summed E-state index contributed by atoms with van der Waals surface area (Å²) in [5.41, 5.74) is 1.57. The molecule has 0 bridgehead atoms. The first kappa shape index (κ1) is 18.1. The average Bonchev–Trinajstić information content (AvgIpc) is 2.62. The number of carbonyl (C=O) groups excluding carboxylic acids is 1. The molecule has 1 unspecified atom stereocenters. The van der Waals surface area contributed by atoms with Crippen LogP contribution in [0.15, 0.2) is 66.7 Å². The Morgan fingerprint density at radius 3 is 1.96 bits per heavy atom. The van der Waals surface area contributed by atoms with E-state index in [1.54, 1.807) is 68.4 Å². The average molecular weight is 366 g/mol. The van der Waals surface area contributed by atoms with Crippen molar-refractivity contribution in [1.29, 1.82) is 0 Å². The molecule has 0 aromatic heterocycles. The zero-order valence-corrected chi connectivity index (χ0v) is 15.4. The molecular weight excluding hydrogens is 347 g/mol. The van der Waals surface area contributed by atoms with E-state index < -0.39 is 12.9 Å². The smallest absolute Gasteiger partial charge is 0.298 e. The van der Waals surface area contributed by atoms with Crippen molar-refractivity contribution in [2.24, 2.45) is 0 Å². The molecule has 3 rings (SSSR count). The Labute approximate surface area is 152 Å². The lowest BCUT2D eigenvalue weighted by Crippen LogP contribution is -2.17. The van der Waals surface area contributed by atoms with Gasteiger partial charge in [0.2, 0.25) is 0 Å². The van der Waals surface area contributed by atoms with Gasteiger partial charge in [-0.05, 0) is 42.7 Å². The van der Waals surface area contributed by atoms with E-state index in [0.29, 0.717) is 22.3 Å². The van der Waals surface area contributed by atoms with E-state index in [2.05, 4.69) is 0 Å². The van der Waals surface area contributed by atoms with E-state index in [-0.39, 0.29) is 16.6 Å². The number of phenols is 1. The molecule has 5 heteroatoms. The van der Waals surface area contributed by atoms with Crippen LogP contribution in [0.5, 0.6) is 5.75 Å². The lowest BCUT2D eigenvalue weighted by atomic mass is 10.0. The molecule has 3 aromatic carbocycles. The van der Waals surface area contributed by atoms with Gasteiger partial charge in [0.15, 0.2) is 0 Å². The van der Waals surface area contributed by atoms with Crippen LogP contribution in [0.25, 0.3) is 11.1 Å². The van der Waals surface area contributed by atoms with Crippen LogP contribution >= 0.6 is 7.37 Å². The second kappa shape index (κ2) is 6.91. The number of hydrogen-bond donors (Lipinski definition) is 2. The standard InChI is InChI=1S/C21H19O4P/c1-14-8-7-9-15(2)20(14)21(23)26(24,25)19-13-6-4-11-17(19)16-10-3-5-12-18(16)22/h3-13,22H,1-2H3,(H,24,25). The molecule has 0 saturated heterocycles. The fourth-order valence-electron chi connectivity index (χ4n) is 3.08. The van der Waals surface area contributed by atoms with Crippen LogP contribution in [0.2, 0.25) is 0 Å². The van der Waals surface area contributed by atoms with Crippen molar-refractivity contribution in [3.8, 4) is 16.9 Å². The molecule has 0 saturated carbocycles. The highest BCUT2D eigenvalue weighted by atomic mass is 31.2. The first-order valence-corrected chi connectivity index (χ1v) is 9.82. The van der Waals surface area contributed by atoms with Crippen molar-refractivity contribution in [3.05, 3.63) is 83.4 Å². The van der Waals surface area contributed by atoms with Crippen LogP contribution < -0.4 is 5.30 Å². The number of aromatic hydroxyl groups is 1. The minimum Gasteiger partial charge on any atom is -0.507 e. The highest BCUT2D eigenvalue weighted by molar-refractivity contribution is 7.83. The normalized spacial score (nSPS) is 13.2. The predicted molar refractivity (Wildman–Crippen MR) is 103 cm³/mol. The number of hydrogen-bond acceptors (Lipinski definition) is 3. The minimum atomic E-state index is -4.38. The van der Waals surface area contributed by atoms with E-state index >= 15 is 0 Å². The summed E-state index contributed by atoms with van der Waals surface area (Å²) in [5.74, 6) is -0.0144. The monoisotopic (exact) mass is 366 g/mol. The highest BCUT2D eigenvalue weighted by Crippen LogP contribution is 2.47. The molecule has 26 heavy (non-hydrogen) atoms. The van der Waals surface area contributed by atoms with E-state index in [9.17, 15) is 19.4 Å². The van der Waals surface area contributed by atoms with Gasteiger partial charge in [-0.15, -0.1) is 0 Å². The van der Waals surface area contributed by atoms with Gasteiger partial charge >= 0.3 is 0 Å². The fraction of sp³-hybridized carbons (Fsp3) is 0.0952. The number of phenolic OH excluding ortho intramolecular Hbond substituents is 1. The summed E-state index contributed by atoms with van der Waals surface area (Å²) in [6.07, 6.45) is 0. The van der Waals surface area contributed by atoms with E-state index in [4.69, 9.17) is 0 Å².